The number of non-ortho nitro benzene ring substituents is 1. The van der Waals surface area contributed by atoms with Crippen LogP contribution in [0.4, 0.5) is 11.4 Å². The Morgan fingerprint density at radius 2 is 1.58 bits per heavy atom. The molecule has 0 aromatic heterocycles. The molecule has 0 aliphatic carbocycles. The second-order valence-corrected chi connectivity index (χ2v) is 5.85. The number of ketones is 1. The van der Waals surface area contributed by atoms with Crippen LogP contribution in [-0.2, 0) is 0 Å². The highest BCUT2D eigenvalue weighted by Crippen LogP contribution is 2.21. The lowest BCUT2D eigenvalue weighted by Crippen LogP contribution is -2.09. The van der Waals surface area contributed by atoms with Gasteiger partial charge in [-0.3, -0.25) is 14.9 Å². The van der Waals surface area contributed by atoms with Crippen LogP contribution in [0, 0.1) is 10.1 Å². The third-order valence-corrected chi connectivity index (χ3v) is 4.05. The van der Waals surface area contributed by atoms with Gasteiger partial charge < -0.3 is 5.32 Å². The highest BCUT2D eigenvalue weighted by atomic mass is 16.6. The van der Waals surface area contributed by atoms with Crippen molar-refractivity contribution in [1.82, 2.24) is 0 Å². The summed E-state index contributed by atoms with van der Waals surface area (Å²) in [6.45, 7) is 0.464. The Balaban J connectivity index is 1.55. The maximum Gasteiger partial charge on any atom is 0.270 e. The van der Waals surface area contributed by atoms with Gasteiger partial charge in [0.05, 0.1) is 4.92 Å². The van der Waals surface area contributed by atoms with Gasteiger partial charge in [-0.1, -0.05) is 54.6 Å². The average molecular weight is 346 g/mol. The van der Waals surface area contributed by atoms with E-state index in [1.54, 1.807) is 6.07 Å². The molecule has 0 aliphatic rings. The molecule has 3 rings (SSSR count). The van der Waals surface area contributed by atoms with Crippen LogP contribution in [0.2, 0.25) is 0 Å². The molecule has 0 saturated heterocycles. The van der Waals surface area contributed by atoms with Gasteiger partial charge in [0.15, 0.2) is 5.78 Å². The van der Waals surface area contributed by atoms with Gasteiger partial charge in [-0.25, -0.2) is 0 Å². The molecule has 0 saturated carbocycles. The normalized spacial score (nSPS) is 10.3. The van der Waals surface area contributed by atoms with E-state index >= 15 is 0 Å². The Morgan fingerprint density at radius 3 is 2.27 bits per heavy atom. The van der Waals surface area contributed by atoms with Gasteiger partial charge >= 0.3 is 0 Å². The zero-order valence-electron chi connectivity index (χ0n) is 14.1. The van der Waals surface area contributed by atoms with Gasteiger partial charge in [0, 0.05) is 36.3 Å². The molecule has 0 atom stereocenters. The van der Waals surface area contributed by atoms with Crippen LogP contribution >= 0.6 is 0 Å². The number of nitro groups is 1. The topological polar surface area (TPSA) is 72.2 Å². The lowest BCUT2D eigenvalue weighted by molar-refractivity contribution is -0.384. The summed E-state index contributed by atoms with van der Waals surface area (Å²) in [5, 5.41) is 14.0. The summed E-state index contributed by atoms with van der Waals surface area (Å²) in [7, 11) is 0. The molecule has 0 heterocycles. The fourth-order valence-corrected chi connectivity index (χ4v) is 2.67. The Kier molecular flexibility index (Phi) is 5.39. The smallest absolute Gasteiger partial charge is 0.270 e. The monoisotopic (exact) mass is 346 g/mol. The SMILES string of the molecule is O=C(CCNc1ccc(-c2ccccc2)cc1)c1cccc([N+](=O)[O-])c1. The third kappa shape index (κ3) is 4.33. The summed E-state index contributed by atoms with van der Waals surface area (Å²) >= 11 is 0. The Labute approximate surface area is 151 Å². The zero-order valence-corrected chi connectivity index (χ0v) is 14.1. The van der Waals surface area contributed by atoms with Crippen molar-refractivity contribution in [3.63, 3.8) is 0 Å². The molecular weight excluding hydrogens is 328 g/mol. The maximum absolute atomic E-state index is 12.2. The summed E-state index contributed by atoms with van der Waals surface area (Å²) in [6.07, 6.45) is 0.265. The number of carbonyl (C=O) groups excluding carboxylic acids is 1. The van der Waals surface area contributed by atoms with Crippen molar-refractivity contribution in [3.8, 4) is 11.1 Å². The predicted molar refractivity (Wildman–Crippen MR) is 102 cm³/mol. The molecule has 0 bridgehead atoms. The molecule has 1 N–H and O–H groups in total. The second-order valence-electron chi connectivity index (χ2n) is 5.85. The van der Waals surface area contributed by atoms with Crippen molar-refractivity contribution in [2.24, 2.45) is 0 Å². The Hall–Kier alpha value is -3.47. The van der Waals surface area contributed by atoms with E-state index in [1.165, 1.54) is 18.2 Å². The minimum absolute atomic E-state index is 0.0692. The van der Waals surface area contributed by atoms with Gasteiger partial charge in [0.1, 0.15) is 0 Å². The molecule has 0 aliphatic heterocycles. The number of nitrogens with zero attached hydrogens (tertiary/aromatic N) is 1. The van der Waals surface area contributed by atoms with Gasteiger partial charge in [0.25, 0.3) is 5.69 Å². The van der Waals surface area contributed by atoms with E-state index in [9.17, 15) is 14.9 Å². The first kappa shape index (κ1) is 17.4. The van der Waals surface area contributed by atoms with E-state index in [0.717, 1.165) is 16.8 Å². The Bertz CT molecular complexity index is 906. The average Bonchev–Trinajstić information content (AvgIpc) is 2.69. The van der Waals surface area contributed by atoms with Gasteiger partial charge in [-0.2, -0.15) is 0 Å². The first-order valence-electron chi connectivity index (χ1n) is 8.30. The largest absolute Gasteiger partial charge is 0.385 e. The fraction of sp³-hybridized carbons (Fsp3) is 0.0952. The van der Waals surface area contributed by atoms with Crippen LogP contribution in [0.25, 0.3) is 11.1 Å². The Morgan fingerprint density at radius 1 is 0.885 bits per heavy atom. The number of anilines is 1. The van der Waals surface area contributed by atoms with Crippen molar-refractivity contribution >= 4 is 17.2 Å². The molecule has 5 nitrogen and oxygen atoms in total. The number of nitro benzene ring substituents is 1. The molecule has 0 radical (unpaired) electrons. The van der Waals surface area contributed by atoms with Crippen LogP contribution in [0.1, 0.15) is 16.8 Å². The van der Waals surface area contributed by atoms with Crippen molar-refractivity contribution in [2.75, 3.05) is 11.9 Å². The molecule has 3 aromatic rings. The molecule has 0 fully saturated rings. The number of carbonyl (C=O) groups is 1. The minimum atomic E-state index is -0.497. The summed E-state index contributed by atoms with van der Waals surface area (Å²) in [5.74, 6) is -0.123. The van der Waals surface area contributed by atoms with E-state index in [0.29, 0.717) is 12.1 Å². The predicted octanol–water partition coefficient (Wildman–Crippen LogP) is 4.95. The highest BCUT2D eigenvalue weighted by molar-refractivity contribution is 5.96. The van der Waals surface area contributed by atoms with Crippen LogP contribution in [0.15, 0.2) is 78.9 Å². The van der Waals surface area contributed by atoms with Crippen molar-refractivity contribution < 1.29 is 9.72 Å². The molecule has 0 spiro atoms. The zero-order chi connectivity index (χ0) is 18.4. The lowest BCUT2D eigenvalue weighted by atomic mass is 10.1. The van der Waals surface area contributed by atoms with E-state index in [-0.39, 0.29) is 17.9 Å². The third-order valence-electron chi connectivity index (χ3n) is 4.05. The van der Waals surface area contributed by atoms with Crippen LogP contribution in [-0.4, -0.2) is 17.3 Å². The summed E-state index contributed by atoms with van der Waals surface area (Å²) in [5.41, 5.74) is 3.50. The summed E-state index contributed by atoms with van der Waals surface area (Å²) in [4.78, 5) is 22.5. The minimum Gasteiger partial charge on any atom is -0.385 e. The molecular formula is C21H18N2O3. The number of hydrogen-bond acceptors (Lipinski definition) is 4. The van der Waals surface area contributed by atoms with Crippen LogP contribution in [0.5, 0.6) is 0 Å². The van der Waals surface area contributed by atoms with E-state index < -0.39 is 4.92 Å². The summed E-state index contributed by atoms with van der Waals surface area (Å²) < 4.78 is 0. The fourth-order valence-electron chi connectivity index (χ4n) is 2.67. The van der Waals surface area contributed by atoms with Gasteiger partial charge in [0.2, 0.25) is 0 Å². The van der Waals surface area contributed by atoms with Gasteiger partial charge in [-0.15, -0.1) is 0 Å². The molecule has 130 valence electrons. The second kappa shape index (κ2) is 8.07. The number of nitrogens with one attached hydrogen (secondary N) is 1. The quantitative estimate of drug-likeness (QED) is 0.373. The first-order valence-corrected chi connectivity index (χ1v) is 8.30. The molecule has 26 heavy (non-hydrogen) atoms. The summed E-state index contributed by atoms with van der Waals surface area (Å²) in [6, 6.07) is 23.9. The lowest BCUT2D eigenvalue weighted by Gasteiger charge is -2.08. The number of hydrogen-bond donors (Lipinski definition) is 1. The number of benzene rings is 3. The number of rotatable bonds is 7. The molecule has 0 amide bonds. The maximum atomic E-state index is 12.2. The van der Waals surface area contributed by atoms with Gasteiger partial charge in [-0.05, 0) is 23.3 Å². The van der Waals surface area contributed by atoms with Crippen molar-refractivity contribution in [1.29, 1.82) is 0 Å². The molecule has 5 heteroatoms. The standard InChI is InChI=1S/C21H18N2O3/c24-21(18-7-4-8-20(15-18)23(25)26)13-14-22-19-11-9-17(10-12-19)16-5-2-1-3-6-16/h1-12,15,22H,13-14H2. The highest BCUT2D eigenvalue weighted by Gasteiger charge is 2.11. The van der Waals surface area contributed by atoms with Crippen molar-refractivity contribution in [2.45, 2.75) is 6.42 Å². The number of Topliss-reactive ketones (excluding diaryl/α,β-unsaturated/α-hetero) is 1. The van der Waals surface area contributed by atoms with E-state index in [2.05, 4.69) is 17.4 Å². The first-order chi connectivity index (χ1) is 12.6. The van der Waals surface area contributed by atoms with Crippen molar-refractivity contribution in [3.05, 3.63) is 94.5 Å². The molecule has 0 unspecified atom stereocenters. The van der Waals surface area contributed by atoms with Crippen LogP contribution in [0.3, 0.4) is 0 Å². The van der Waals surface area contributed by atoms with E-state index in [1.807, 2.05) is 42.5 Å². The molecule has 3 aromatic carbocycles. The van der Waals surface area contributed by atoms with E-state index in [4.69, 9.17) is 0 Å². The van der Waals surface area contributed by atoms with Crippen LogP contribution < -0.4 is 5.32 Å².